The molecule has 0 aliphatic rings. The molecule has 0 bridgehead atoms. The van der Waals surface area contributed by atoms with Gasteiger partial charge in [-0.15, -0.1) is 5.10 Å². The van der Waals surface area contributed by atoms with Gasteiger partial charge in [-0.2, -0.15) is 5.10 Å². The van der Waals surface area contributed by atoms with Gasteiger partial charge in [-0.1, -0.05) is 6.92 Å². The van der Waals surface area contributed by atoms with Gasteiger partial charge in [0, 0.05) is 20.2 Å². The van der Waals surface area contributed by atoms with Crippen LogP contribution in [0.4, 0.5) is 5.82 Å². The molecule has 0 amide bonds. The van der Waals surface area contributed by atoms with E-state index in [4.69, 9.17) is 4.74 Å². The average Bonchev–Trinajstić information content (AvgIpc) is 2.42. The molecule has 1 aromatic heterocycles. The lowest BCUT2D eigenvalue weighted by molar-refractivity contribution is 0.181. The molecule has 0 saturated carbocycles. The third kappa shape index (κ3) is 5.12. The van der Waals surface area contributed by atoms with Crippen molar-refractivity contribution in [2.75, 3.05) is 31.7 Å². The van der Waals surface area contributed by atoms with Gasteiger partial charge < -0.3 is 15.0 Å². The third-order valence-electron chi connectivity index (χ3n) is 3.01. The Bertz CT molecular complexity index is 342. The van der Waals surface area contributed by atoms with E-state index >= 15 is 0 Å². The fourth-order valence-electron chi connectivity index (χ4n) is 2.02. The van der Waals surface area contributed by atoms with E-state index < -0.39 is 0 Å². The van der Waals surface area contributed by atoms with Gasteiger partial charge in [0.1, 0.15) is 0 Å². The summed E-state index contributed by atoms with van der Waals surface area (Å²) in [5, 5.41) is 11.9. The monoisotopic (exact) mass is 266 g/mol. The molecule has 19 heavy (non-hydrogen) atoms. The number of hydrogen-bond donors (Lipinski definition) is 1. The van der Waals surface area contributed by atoms with Crippen molar-refractivity contribution in [1.29, 1.82) is 0 Å². The number of hydrogen-bond acceptors (Lipinski definition) is 5. The van der Waals surface area contributed by atoms with Crippen molar-refractivity contribution in [3.8, 4) is 0 Å². The Labute approximate surface area is 116 Å². The summed E-state index contributed by atoms with van der Waals surface area (Å²) in [4.78, 5) is 2.19. The van der Waals surface area contributed by atoms with Crippen LogP contribution >= 0.6 is 0 Å². The van der Waals surface area contributed by atoms with E-state index in [1.165, 1.54) is 0 Å². The first-order chi connectivity index (χ1) is 9.22. The van der Waals surface area contributed by atoms with Crippen LogP contribution in [0.3, 0.4) is 0 Å². The van der Waals surface area contributed by atoms with Crippen molar-refractivity contribution in [3.05, 3.63) is 17.8 Å². The smallest absolute Gasteiger partial charge is 0.151 e. The van der Waals surface area contributed by atoms with Crippen LogP contribution in [0.25, 0.3) is 0 Å². The van der Waals surface area contributed by atoms with Gasteiger partial charge in [-0.3, -0.25) is 0 Å². The van der Waals surface area contributed by atoms with Crippen molar-refractivity contribution >= 4 is 5.82 Å². The van der Waals surface area contributed by atoms with Gasteiger partial charge in [0.15, 0.2) is 5.82 Å². The standard InChI is InChI=1S/C14H26N4O/c1-5-9-15-10-13-7-8-14(17-16-13)18(6-2)12(3)11-19-4/h7-8,12,15H,5-6,9-11H2,1-4H3. The lowest BCUT2D eigenvalue weighted by Gasteiger charge is -2.28. The molecule has 1 rings (SSSR count). The number of methoxy groups -OCH3 is 1. The first-order valence-electron chi connectivity index (χ1n) is 7.01. The fourth-order valence-corrected chi connectivity index (χ4v) is 2.02. The summed E-state index contributed by atoms with van der Waals surface area (Å²) in [7, 11) is 1.72. The number of likely N-dealkylation sites (N-methyl/N-ethyl adjacent to an activating group) is 1. The molecule has 0 radical (unpaired) electrons. The molecular formula is C14H26N4O. The van der Waals surface area contributed by atoms with Crippen molar-refractivity contribution in [3.63, 3.8) is 0 Å². The quantitative estimate of drug-likeness (QED) is 0.691. The molecule has 0 fully saturated rings. The molecule has 1 aromatic rings. The minimum absolute atomic E-state index is 0.299. The van der Waals surface area contributed by atoms with E-state index in [2.05, 4.69) is 41.2 Å². The molecule has 5 nitrogen and oxygen atoms in total. The second kappa shape index (κ2) is 8.82. The van der Waals surface area contributed by atoms with E-state index in [0.717, 1.165) is 37.6 Å². The first kappa shape index (κ1) is 15.9. The van der Waals surface area contributed by atoms with Gasteiger partial charge in [0.25, 0.3) is 0 Å². The maximum Gasteiger partial charge on any atom is 0.151 e. The van der Waals surface area contributed by atoms with E-state index in [9.17, 15) is 0 Å². The number of nitrogens with one attached hydrogen (secondary N) is 1. The van der Waals surface area contributed by atoms with Crippen LogP contribution in [-0.4, -0.2) is 43.0 Å². The number of nitrogens with zero attached hydrogens (tertiary/aromatic N) is 3. The van der Waals surface area contributed by atoms with Crippen molar-refractivity contribution < 1.29 is 4.74 Å². The number of ether oxygens (including phenoxy) is 1. The lowest BCUT2D eigenvalue weighted by atomic mass is 10.3. The maximum absolute atomic E-state index is 5.20. The molecule has 1 heterocycles. The Hall–Kier alpha value is -1.20. The van der Waals surface area contributed by atoms with E-state index in [0.29, 0.717) is 12.6 Å². The molecule has 1 N–H and O–H groups in total. The molecule has 5 heteroatoms. The predicted octanol–water partition coefficient (Wildman–Crippen LogP) is 1.84. The van der Waals surface area contributed by atoms with Crippen LogP contribution in [0.1, 0.15) is 32.9 Å². The van der Waals surface area contributed by atoms with Gasteiger partial charge in [0.2, 0.25) is 0 Å². The second-order valence-corrected chi connectivity index (χ2v) is 4.65. The van der Waals surface area contributed by atoms with Crippen molar-refractivity contribution in [2.45, 2.75) is 39.8 Å². The second-order valence-electron chi connectivity index (χ2n) is 4.65. The zero-order valence-electron chi connectivity index (χ0n) is 12.5. The minimum Gasteiger partial charge on any atom is -0.383 e. The minimum atomic E-state index is 0.299. The summed E-state index contributed by atoms with van der Waals surface area (Å²) in [6.45, 7) is 9.77. The van der Waals surface area contributed by atoms with Crippen LogP contribution in [0.15, 0.2) is 12.1 Å². The Kier molecular flexibility index (Phi) is 7.36. The molecule has 0 aromatic carbocycles. The van der Waals surface area contributed by atoms with E-state index in [1.807, 2.05) is 12.1 Å². The summed E-state index contributed by atoms with van der Waals surface area (Å²) >= 11 is 0. The highest BCUT2D eigenvalue weighted by molar-refractivity contribution is 5.38. The zero-order chi connectivity index (χ0) is 14.1. The average molecular weight is 266 g/mol. The third-order valence-corrected chi connectivity index (χ3v) is 3.01. The fraction of sp³-hybridized carbons (Fsp3) is 0.714. The van der Waals surface area contributed by atoms with Crippen LogP contribution < -0.4 is 10.2 Å². The molecule has 108 valence electrons. The summed E-state index contributed by atoms with van der Waals surface area (Å²) in [5.41, 5.74) is 0.979. The molecule has 0 saturated heterocycles. The molecule has 0 spiro atoms. The molecule has 0 aliphatic carbocycles. The van der Waals surface area contributed by atoms with Gasteiger partial charge in [-0.25, -0.2) is 0 Å². The van der Waals surface area contributed by atoms with Gasteiger partial charge in [0.05, 0.1) is 18.3 Å². The number of rotatable bonds is 9. The molecule has 0 aliphatic heterocycles. The maximum atomic E-state index is 5.20. The number of anilines is 1. The Morgan fingerprint density at radius 1 is 1.32 bits per heavy atom. The zero-order valence-corrected chi connectivity index (χ0v) is 12.5. The lowest BCUT2D eigenvalue weighted by Crippen LogP contribution is -2.36. The van der Waals surface area contributed by atoms with Crippen LogP contribution in [-0.2, 0) is 11.3 Å². The summed E-state index contributed by atoms with van der Waals surface area (Å²) in [6, 6.07) is 4.37. The Morgan fingerprint density at radius 2 is 2.11 bits per heavy atom. The summed E-state index contributed by atoms with van der Waals surface area (Å²) < 4.78 is 5.20. The van der Waals surface area contributed by atoms with Crippen LogP contribution in [0, 0.1) is 0 Å². The normalized spacial score (nSPS) is 12.4. The summed E-state index contributed by atoms with van der Waals surface area (Å²) in [6.07, 6.45) is 1.13. The highest BCUT2D eigenvalue weighted by Gasteiger charge is 2.14. The highest BCUT2D eigenvalue weighted by Crippen LogP contribution is 2.13. The largest absolute Gasteiger partial charge is 0.383 e. The van der Waals surface area contributed by atoms with Gasteiger partial charge in [-0.05, 0) is 38.9 Å². The summed E-state index contributed by atoms with van der Waals surface area (Å²) in [5.74, 6) is 0.909. The predicted molar refractivity (Wildman–Crippen MR) is 78.4 cm³/mol. The highest BCUT2D eigenvalue weighted by atomic mass is 16.5. The molecule has 1 unspecified atom stereocenters. The SMILES string of the molecule is CCCNCc1ccc(N(CC)C(C)COC)nn1. The van der Waals surface area contributed by atoms with Crippen molar-refractivity contribution in [2.24, 2.45) is 0 Å². The molecule has 1 atom stereocenters. The number of aromatic nitrogens is 2. The Balaban J connectivity index is 2.62. The van der Waals surface area contributed by atoms with Crippen molar-refractivity contribution in [1.82, 2.24) is 15.5 Å². The first-order valence-corrected chi connectivity index (χ1v) is 7.01. The topological polar surface area (TPSA) is 50.3 Å². The van der Waals surface area contributed by atoms with E-state index in [1.54, 1.807) is 7.11 Å². The van der Waals surface area contributed by atoms with Gasteiger partial charge >= 0.3 is 0 Å². The Morgan fingerprint density at radius 3 is 2.63 bits per heavy atom. The van der Waals surface area contributed by atoms with E-state index in [-0.39, 0.29) is 0 Å². The van der Waals surface area contributed by atoms with Crippen LogP contribution in [0.2, 0.25) is 0 Å². The molecular weight excluding hydrogens is 240 g/mol. The van der Waals surface area contributed by atoms with Crippen LogP contribution in [0.5, 0.6) is 0 Å².